The van der Waals surface area contributed by atoms with Gasteiger partial charge in [-0.3, -0.25) is 4.79 Å². The van der Waals surface area contributed by atoms with E-state index in [9.17, 15) is 14.7 Å². The average molecular weight is 451 g/mol. The van der Waals surface area contributed by atoms with Crippen LogP contribution in [0.5, 0.6) is 0 Å². The Morgan fingerprint density at radius 3 is 2.66 bits per heavy atom. The number of thioether (sulfide) groups is 1. The SMILES string of the molecule is Cc1cc(C)cc(-c2nnc(SCC(=O)NC(Cc3c[nH]c4ccccc34)C(=O)O)o2)c1. The number of fused-ring (bicyclic) bond motifs is 1. The topological polar surface area (TPSA) is 121 Å². The largest absolute Gasteiger partial charge is 0.480 e. The number of para-hydroxylation sites is 1. The van der Waals surface area contributed by atoms with Crippen molar-refractivity contribution in [1.82, 2.24) is 20.5 Å². The van der Waals surface area contributed by atoms with E-state index in [1.54, 1.807) is 6.20 Å². The summed E-state index contributed by atoms with van der Waals surface area (Å²) in [6.07, 6.45) is 1.95. The first-order valence-corrected chi connectivity index (χ1v) is 11.0. The molecule has 9 heteroatoms. The number of carboxylic acid groups (broad SMARTS) is 1. The maximum Gasteiger partial charge on any atom is 0.326 e. The first-order valence-electron chi connectivity index (χ1n) is 10.0. The van der Waals surface area contributed by atoms with Crippen LogP contribution >= 0.6 is 11.8 Å². The highest BCUT2D eigenvalue weighted by molar-refractivity contribution is 7.99. The van der Waals surface area contributed by atoms with E-state index in [2.05, 4.69) is 26.6 Å². The molecule has 4 aromatic rings. The third-order valence-corrected chi connectivity index (χ3v) is 5.75. The number of carboxylic acids is 1. The Hall–Kier alpha value is -3.59. The van der Waals surface area contributed by atoms with Crippen molar-refractivity contribution in [2.24, 2.45) is 0 Å². The summed E-state index contributed by atoms with van der Waals surface area (Å²) in [5, 5.41) is 21.4. The Balaban J connectivity index is 1.37. The van der Waals surface area contributed by atoms with Crippen LogP contribution in [0.4, 0.5) is 0 Å². The molecule has 0 aliphatic heterocycles. The lowest BCUT2D eigenvalue weighted by Crippen LogP contribution is -2.43. The van der Waals surface area contributed by atoms with E-state index in [-0.39, 0.29) is 17.4 Å². The average Bonchev–Trinajstić information content (AvgIpc) is 3.38. The number of carbonyl (C=O) groups is 2. The monoisotopic (exact) mass is 450 g/mol. The number of aliphatic carboxylic acids is 1. The van der Waals surface area contributed by atoms with Crippen molar-refractivity contribution in [2.45, 2.75) is 31.5 Å². The summed E-state index contributed by atoms with van der Waals surface area (Å²) in [7, 11) is 0. The van der Waals surface area contributed by atoms with Crippen LogP contribution in [0.3, 0.4) is 0 Å². The Morgan fingerprint density at radius 1 is 1.16 bits per heavy atom. The van der Waals surface area contributed by atoms with Crippen molar-refractivity contribution >= 4 is 34.5 Å². The highest BCUT2D eigenvalue weighted by Gasteiger charge is 2.22. The highest BCUT2D eigenvalue weighted by Crippen LogP contribution is 2.25. The molecule has 2 aromatic heterocycles. The fourth-order valence-electron chi connectivity index (χ4n) is 3.57. The number of aryl methyl sites for hydroxylation is 2. The lowest BCUT2D eigenvalue weighted by atomic mass is 10.1. The van der Waals surface area contributed by atoms with Crippen LogP contribution < -0.4 is 5.32 Å². The number of rotatable bonds is 8. The van der Waals surface area contributed by atoms with Gasteiger partial charge in [0.05, 0.1) is 5.75 Å². The Morgan fingerprint density at radius 2 is 1.91 bits per heavy atom. The van der Waals surface area contributed by atoms with Gasteiger partial charge in [0.1, 0.15) is 6.04 Å². The summed E-state index contributed by atoms with van der Waals surface area (Å²) < 4.78 is 5.66. The molecule has 0 spiro atoms. The van der Waals surface area contributed by atoms with Gasteiger partial charge in [-0.2, -0.15) is 0 Å². The molecular weight excluding hydrogens is 428 g/mol. The van der Waals surface area contributed by atoms with Crippen LogP contribution in [0, 0.1) is 13.8 Å². The second-order valence-electron chi connectivity index (χ2n) is 7.56. The third kappa shape index (κ3) is 5.00. The van der Waals surface area contributed by atoms with Gasteiger partial charge in [0.2, 0.25) is 11.8 Å². The standard InChI is InChI=1S/C23H22N4O4S/c1-13-7-14(2)9-15(8-13)21-26-27-23(31-21)32-12-20(28)25-19(22(29)30)10-16-11-24-18-6-4-3-5-17(16)18/h3-9,11,19,24H,10,12H2,1-2H3,(H,25,28)(H,29,30). The van der Waals surface area contributed by atoms with E-state index in [4.69, 9.17) is 4.42 Å². The fraction of sp³-hybridized carbons (Fsp3) is 0.217. The van der Waals surface area contributed by atoms with Crippen LogP contribution in [-0.4, -0.2) is 44.0 Å². The molecular formula is C23H22N4O4S. The number of aromatic amines is 1. The first-order chi connectivity index (χ1) is 15.4. The lowest BCUT2D eigenvalue weighted by Gasteiger charge is -2.13. The fourth-order valence-corrected chi connectivity index (χ4v) is 4.14. The van der Waals surface area contributed by atoms with Gasteiger partial charge in [0.25, 0.3) is 5.22 Å². The Labute approximate surface area is 188 Å². The summed E-state index contributed by atoms with van der Waals surface area (Å²) in [5.41, 5.74) is 4.74. The molecule has 32 heavy (non-hydrogen) atoms. The molecule has 0 fully saturated rings. The van der Waals surface area contributed by atoms with Gasteiger partial charge < -0.3 is 19.8 Å². The highest BCUT2D eigenvalue weighted by atomic mass is 32.2. The maximum absolute atomic E-state index is 12.4. The van der Waals surface area contributed by atoms with Gasteiger partial charge >= 0.3 is 5.97 Å². The van der Waals surface area contributed by atoms with Crippen molar-refractivity contribution in [3.05, 3.63) is 65.4 Å². The van der Waals surface area contributed by atoms with E-state index in [0.717, 1.165) is 44.9 Å². The molecule has 8 nitrogen and oxygen atoms in total. The molecule has 0 radical (unpaired) electrons. The van der Waals surface area contributed by atoms with Crippen LogP contribution in [-0.2, 0) is 16.0 Å². The van der Waals surface area contributed by atoms with Crippen molar-refractivity contribution < 1.29 is 19.1 Å². The minimum absolute atomic E-state index is 0.0356. The van der Waals surface area contributed by atoms with Crippen LogP contribution in [0.15, 0.2) is 58.3 Å². The predicted octanol–water partition coefficient (Wildman–Crippen LogP) is 3.74. The van der Waals surface area contributed by atoms with Crippen molar-refractivity contribution in [3.63, 3.8) is 0 Å². The zero-order valence-corrected chi connectivity index (χ0v) is 18.4. The number of hydrogen-bond donors (Lipinski definition) is 3. The molecule has 0 aliphatic rings. The molecule has 164 valence electrons. The summed E-state index contributed by atoms with van der Waals surface area (Å²) >= 11 is 1.07. The zero-order chi connectivity index (χ0) is 22.7. The second kappa shape index (κ2) is 9.27. The Bertz CT molecular complexity index is 1260. The van der Waals surface area contributed by atoms with E-state index in [1.165, 1.54) is 0 Å². The van der Waals surface area contributed by atoms with Crippen LogP contribution in [0.25, 0.3) is 22.4 Å². The molecule has 0 aliphatic carbocycles. The molecule has 1 unspecified atom stereocenters. The van der Waals surface area contributed by atoms with E-state index >= 15 is 0 Å². The number of amides is 1. The quantitative estimate of drug-likeness (QED) is 0.350. The van der Waals surface area contributed by atoms with Crippen molar-refractivity contribution in [2.75, 3.05) is 5.75 Å². The smallest absolute Gasteiger partial charge is 0.326 e. The molecule has 4 rings (SSSR count). The van der Waals surface area contributed by atoms with Gasteiger partial charge in [0.15, 0.2) is 0 Å². The summed E-state index contributed by atoms with van der Waals surface area (Å²) in [6.45, 7) is 3.98. The second-order valence-corrected chi connectivity index (χ2v) is 8.49. The molecule has 2 heterocycles. The molecule has 0 saturated carbocycles. The number of hydrogen-bond acceptors (Lipinski definition) is 6. The van der Waals surface area contributed by atoms with E-state index in [1.807, 2.05) is 50.2 Å². The summed E-state index contributed by atoms with van der Waals surface area (Å²) in [6, 6.07) is 12.5. The summed E-state index contributed by atoms with van der Waals surface area (Å²) in [4.78, 5) is 27.2. The van der Waals surface area contributed by atoms with E-state index < -0.39 is 17.9 Å². The number of benzene rings is 2. The zero-order valence-electron chi connectivity index (χ0n) is 17.6. The van der Waals surface area contributed by atoms with Crippen molar-refractivity contribution in [1.29, 1.82) is 0 Å². The number of carbonyl (C=O) groups excluding carboxylic acids is 1. The third-order valence-electron chi connectivity index (χ3n) is 4.93. The maximum atomic E-state index is 12.4. The first kappa shape index (κ1) is 21.6. The number of H-pyrrole nitrogens is 1. The summed E-state index contributed by atoms with van der Waals surface area (Å²) in [5.74, 6) is -1.18. The lowest BCUT2D eigenvalue weighted by molar-refractivity contribution is -0.141. The van der Waals surface area contributed by atoms with Gasteiger partial charge in [0, 0.05) is 29.1 Å². The van der Waals surface area contributed by atoms with Gasteiger partial charge in [-0.15, -0.1) is 10.2 Å². The molecule has 2 aromatic carbocycles. The number of nitrogens with one attached hydrogen (secondary N) is 2. The molecule has 0 saturated heterocycles. The van der Waals surface area contributed by atoms with Gasteiger partial charge in [-0.1, -0.05) is 47.2 Å². The van der Waals surface area contributed by atoms with E-state index in [0.29, 0.717) is 5.89 Å². The molecule has 1 atom stereocenters. The van der Waals surface area contributed by atoms with Crippen LogP contribution in [0.2, 0.25) is 0 Å². The molecule has 3 N–H and O–H groups in total. The predicted molar refractivity (Wildman–Crippen MR) is 122 cm³/mol. The van der Waals surface area contributed by atoms with Gasteiger partial charge in [-0.25, -0.2) is 4.79 Å². The minimum Gasteiger partial charge on any atom is -0.480 e. The Kier molecular flexibility index (Phi) is 6.27. The number of nitrogens with zero attached hydrogens (tertiary/aromatic N) is 2. The molecule has 0 bridgehead atoms. The van der Waals surface area contributed by atoms with Gasteiger partial charge in [-0.05, 0) is 37.6 Å². The number of aromatic nitrogens is 3. The minimum atomic E-state index is -1.09. The van der Waals surface area contributed by atoms with Crippen LogP contribution in [0.1, 0.15) is 16.7 Å². The van der Waals surface area contributed by atoms with Crippen molar-refractivity contribution in [3.8, 4) is 11.5 Å². The molecule has 1 amide bonds. The normalized spacial score (nSPS) is 12.1.